The normalized spacial score (nSPS) is 37.8. The van der Waals surface area contributed by atoms with E-state index >= 15 is 0 Å². The predicted octanol–water partition coefficient (Wildman–Crippen LogP) is 0.0753. The van der Waals surface area contributed by atoms with Gasteiger partial charge in [-0.25, -0.2) is 0 Å². The Hall–Kier alpha value is -0.690. The van der Waals surface area contributed by atoms with Crippen LogP contribution in [0.4, 0.5) is 0 Å². The summed E-state index contributed by atoms with van der Waals surface area (Å²) in [5.74, 6) is -0.334. The van der Waals surface area contributed by atoms with Crippen molar-refractivity contribution in [2.24, 2.45) is 0 Å². The van der Waals surface area contributed by atoms with E-state index in [1.54, 1.807) is 13.8 Å². The number of carbonyl (C=O) groups excluding carboxylic acids is 1. The molecular weight excluding hydrogens is 228 g/mol. The first-order chi connectivity index (χ1) is 8.04. The SMILES string of the molecule is CCC(=O)O[C@H]1[C@H](OC)[C@@H](OC)[C@@H](O)O[C@@H]1C. The van der Waals surface area contributed by atoms with Crippen molar-refractivity contribution in [3.8, 4) is 0 Å². The average Bonchev–Trinajstić information content (AvgIpc) is 2.31. The zero-order valence-electron chi connectivity index (χ0n) is 10.6. The highest BCUT2D eigenvalue weighted by atomic mass is 16.7. The number of esters is 1. The molecular formula is C11H20O6. The van der Waals surface area contributed by atoms with Gasteiger partial charge in [-0.05, 0) is 6.92 Å². The lowest BCUT2D eigenvalue weighted by Crippen LogP contribution is -2.59. The lowest BCUT2D eigenvalue weighted by Gasteiger charge is -2.41. The minimum atomic E-state index is -1.09. The number of hydrogen-bond donors (Lipinski definition) is 1. The van der Waals surface area contributed by atoms with Crippen molar-refractivity contribution in [3.05, 3.63) is 0 Å². The molecule has 0 spiro atoms. The molecule has 17 heavy (non-hydrogen) atoms. The highest BCUT2D eigenvalue weighted by molar-refractivity contribution is 5.69. The van der Waals surface area contributed by atoms with E-state index < -0.39 is 30.7 Å². The van der Waals surface area contributed by atoms with Gasteiger partial charge in [0.2, 0.25) is 0 Å². The summed E-state index contributed by atoms with van der Waals surface area (Å²) in [7, 11) is 2.92. The van der Waals surface area contributed by atoms with Gasteiger partial charge < -0.3 is 24.1 Å². The molecule has 6 nitrogen and oxygen atoms in total. The molecule has 1 fully saturated rings. The molecule has 1 aliphatic rings. The Labute approximate surface area is 101 Å². The van der Waals surface area contributed by atoms with Crippen LogP contribution < -0.4 is 0 Å². The van der Waals surface area contributed by atoms with Crippen LogP contribution in [0.3, 0.4) is 0 Å². The standard InChI is InChI=1S/C11H20O6/c1-5-7(12)17-8-6(2)16-11(13)10(15-4)9(8)14-3/h6,8-11,13H,5H2,1-4H3/t6-,8-,9+,10-,11+/m1/s1. The largest absolute Gasteiger partial charge is 0.457 e. The van der Waals surface area contributed by atoms with E-state index in [0.717, 1.165) is 0 Å². The molecule has 0 bridgehead atoms. The van der Waals surface area contributed by atoms with Crippen molar-refractivity contribution in [1.29, 1.82) is 0 Å². The topological polar surface area (TPSA) is 74.2 Å². The second kappa shape index (κ2) is 6.30. The van der Waals surface area contributed by atoms with Gasteiger partial charge in [-0.2, -0.15) is 0 Å². The molecule has 0 aromatic rings. The summed E-state index contributed by atoms with van der Waals surface area (Å²) in [6.45, 7) is 3.43. The minimum absolute atomic E-state index is 0.278. The van der Waals surface area contributed by atoms with Gasteiger partial charge in [0.25, 0.3) is 0 Å². The fraction of sp³-hybridized carbons (Fsp3) is 0.909. The maximum atomic E-state index is 11.3. The van der Waals surface area contributed by atoms with Gasteiger partial charge >= 0.3 is 5.97 Å². The van der Waals surface area contributed by atoms with Crippen molar-refractivity contribution in [2.45, 2.75) is 51.0 Å². The second-order valence-corrected chi connectivity index (χ2v) is 3.94. The fourth-order valence-corrected chi connectivity index (χ4v) is 1.91. The predicted molar refractivity (Wildman–Crippen MR) is 58.3 cm³/mol. The molecule has 1 saturated heterocycles. The molecule has 5 atom stereocenters. The quantitative estimate of drug-likeness (QED) is 0.710. The van der Waals surface area contributed by atoms with Crippen LogP contribution in [0.15, 0.2) is 0 Å². The van der Waals surface area contributed by atoms with Crippen LogP contribution in [0.2, 0.25) is 0 Å². The summed E-state index contributed by atoms with van der Waals surface area (Å²) < 4.78 is 20.9. The van der Waals surface area contributed by atoms with Crippen molar-refractivity contribution in [3.63, 3.8) is 0 Å². The molecule has 1 rings (SSSR count). The first-order valence-corrected chi connectivity index (χ1v) is 5.63. The monoisotopic (exact) mass is 248 g/mol. The lowest BCUT2D eigenvalue weighted by molar-refractivity contribution is -0.290. The Morgan fingerprint density at radius 2 is 1.82 bits per heavy atom. The Morgan fingerprint density at radius 3 is 2.29 bits per heavy atom. The summed E-state index contributed by atoms with van der Waals surface area (Å²) in [5.41, 5.74) is 0. The second-order valence-electron chi connectivity index (χ2n) is 3.94. The van der Waals surface area contributed by atoms with Gasteiger partial charge in [0.05, 0.1) is 6.10 Å². The van der Waals surface area contributed by atoms with Gasteiger partial charge in [0.1, 0.15) is 12.2 Å². The van der Waals surface area contributed by atoms with E-state index in [2.05, 4.69) is 0 Å². The zero-order chi connectivity index (χ0) is 13.0. The van der Waals surface area contributed by atoms with Crippen LogP contribution in [0.1, 0.15) is 20.3 Å². The van der Waals surface area contributed by atoms with Crippen LogP contribution in [0, 0.1) is 0 Å². The third-order valence-corrected chi connectivity index (χ3v) is 2.85. The molecule has 1 heterocycles. The van der Waals surface area contributed by atoms with E-state index in [9.17, 15) is 9.90 Å². The van der Waals surface area contributed by atoms with E-state index in [-0.39, 0.29) is 12.4 Å². The maximum absolute atomic E-state index is 11.3. The van der Waals surface area contributed by atoms with E-state index in [4.69, 9.17) is 18.9 Å². The van der Waals surface area contributed by atoms with Crippen LogP contribution in [0.25, 0.3) is 0 Å². The number of aliphatic hydroxyl groups is 1. The van der Waals surface area contributed by atoms with Gasteiger partial charge in [-0.3, -0.25) is 4.79 Å². The molecule has 1 aliphatic heterocycles. The first-order valence-electron chi connectivity index (χ1n) is 5.63. The molecule has 0 amide bonds. The van der Waals surface area contributed by atoms with Gasteiger partial charge in [-0.15, -0.1) is 0 Å². The fourth-order valence-electron chi connectivity index (χ4n) is 1.91. The van der Waals surface area contributed by atoms with Crippen molar-refractivity contribution in [1.82, 2.24) is 0 Å². The smallest absolute Gasteiger partial charge is 0.305 e. The molecule has 0 aromatic heterocycles. The Bertz CT molecular complexity index is 256. The molecule has 0 aliphatic carbocycles. The zero-order valence-corrected chi connectivity index (χ0v) is 10.6. The molecule has 100 valence electrons. The summed E-state index contributed by atoms with van der Waals surface area (Å²) in [6, 6.07) is 0. The summed E-state index contributed by atoms with van der Waals surface area (Å²) in [5, 5.41) is 9.68. The van der Waals surface area contributed by atoms with E-state index in [1.807, 2.05) is 0 Å². The van der Waals surface area contributed by atoms with Crippen molar-refractivity contribution in [2.75, 3.05) is 14.2 Å². The Kier molecular flexibility index (Phi) is 5.32. The van der Waals surface area contributed by atoms with Gasteiger partial charge in [0.15, 0.2) is 12.4 Å². The van der Waals surface area contributed by atoms with E-state index in [0.29, 0.717) is 0 Å². The van der Waals surface area contributed by atoms with Crippen molar-refractivity contribution >= 4 is 5.97 Å². The Balaban J connectivity index is 2.80. The Morgan fingerprint density at radius 1 is 1.24 bits per heavy atom. The number of ether oxygens (including phenoxy) is 4. The highest BCUT2D eigenvalue weighted by Crippen LogP contribution is 2.26. The summed E-state index contributed by atoms with van der Waals surface area (Å²) in [4.78, 5) is 11.3. The summed E-state index contributed by atoms with van der Waals surface area (Å²) in [6.07, 6.45) is -3.06. The maximum Gasteiger partial charge on any atom is 0.305 e. The lowest BCUT2D eigenvalue weighted by atomic mass is 9.99. The van der Waals surface area contributed by atoms with Crippen molar-refractivity contribution < 1.29 is 28.8 Å². The number of aliphatic hydroxyl groups excluding tert-OH is 1. The number of carbonyl (C=O) groups is 1. The molecule has 0 unspecified atom stereocenters. The van der Waals surface area contributed by atoms with E-state index in [1.165, 1.54) is 14.2 Å². The minimum Gasteiger partial charge on any atom is -0.457 e. The third kappa shape index (κ3) is 3.16. The number of hydrogen-bond acceptors (Lipinski definition) is 6. The van der Waals surface area contributed by atoms with Crippen LogP contribution in [-0.2, 0) is 23.7 Å². The van der Waals surface area contributed by atoms with Crippen LogP contribution in [-0.4, -0.2) is 56.0 Å². The van der Waals surface area contributed by atoms with Crippen LogP contribution in [0.5, 0.6) is 0 Å². The molecule has 1 N–H and O–H groups in total. The third-order valence-electron chi connectivity index (χ3n) is 2.85. The van der Waals surface area contributed by atoms with Gasteiger partial charge in [-0.1, -0.05) is 6.92 Å². The first kappa shape index (κ1) is 14.4. The van der Waals surface area contributed by atoms with Crippen LogP contribution >= 0.6 is 0 Å². The van der Waals surface area contributed by atoms with Gasteiger partial charge in [0, 0.05) is 20.6 Å². The number of rotatable bonds is 4. The molecule has 6 heteroatoms. The summed E-state index contributed by atoms with van der Waals surface area (Å²) >= 11 is 0. The molecule has 0 radical (unpaired) electrons. The molecule has 0 aromatic carbocycles. The average molecular weight is 248 g/mol. The number of methoxy groups -OCH3 is 2. The highest BCUT2D eigenvalue weighted by Gasteiger charge is 2.46. The molecule has 0 saturated carbocycles.